The number of halogens is 2. The minimum atomic E-state index is -0.878. The second kappa shape index (κ2) is 7.00. The van der Waals surface area contributed by atoms with Crippen molar-refractivity contribution in [2.45, 2.75) is 17.1 Å². The maximum atomic E-state index is 13.3. The Morgan fingerprint density at radius 3 is 2.46 bits per heavy atom. The van der Waals surface area contributed by atoms with E-state index in [0.29, 0.717) is 16.7 Å². The third kappa shape index (κ3) is 3.56. The van der Waals surface area contributed by atoms with Gasteiger partial charge in [0, 0.05) is 10.5 Å². The summed E-state index contributed by atoms with van der Waals surface area (Å²) in [6, 6.07) is 11.0. The normalized spacial score (nSPS) is 12.2. The predicted octanol–water partition coefficient (Wildman–Crippen LogP) is 4.88. The predicted molar refractivity (Wildman–Crippen MR) is 86.9 cm³/mol. The molecule has 0 N–H and O–H groups in total. The molecule has 0 radical (unpaired) electrons. The van der Waals surface area contributed by atoms with Crippen molar-refractivity contribution in [2.24, 2.45) is 0 Å². The summed E-state index contributed by atoms with van der Waals surface area (Å²) >= 11 is 1.31. The van der Waals surface area contributed by atoms with Gasteiger partial charge < -0.3 is 9.15 Å². The molecule has 1 aromatic heterocycles. The number of benzene rings is 2. The first-order valence-electron chi connectivity index (χ1n) is 7.16. The summed E-state index contributed by atoms with van der Waals surface area (Å²) in [4.78, 5) is 0.589. The van der Waals surface area contributed by atoms with Crippen molar-refractivity contribution >= 4 is 11.8 Å². The molecule has 0 saturated carbocycles. The third-order valence-corrected chi connectivity index (χ3v) is 4.41. The lowest BCUT2D eigenvalue weighted by atomic mass is 10.2. The standard InChI is InChI=1S/C17H14F2N2O2S/c1-10(24-13-7-8-14(18)15(19)9-13)16-20-21-17(23-16)11-3-5-12(22-2)6-4-11/h3-10H,1-2H3. The number of hydrogen-bond donors (Lipinski definition) is 0. The number of rotatable bonds is 5. The largest absolute Gasteiger partial charge is 0.497 e. The fourth-order valence-electron chi connectivity index (χ4n) is 2.05. The fraction of sp³-hybridized carbons (Fsp3) is 0.176. The Hall–Kier alpha value is -2.41. The van der Waals surface area contributed by atoms with Crippen LogP contribution in [0.4, 0.5) is 8.78 Å². The van der Waals surface area contributed by atoms with Gasteiger partial charge in [-0.15, -0.1) is 22.0 Å². The zero-order valence-corrected chi connectivity index (χ0v) is 13.8. The van der Waals surface area contributed by atoms with E-state index in [1.165, 1.54) is 17.8 Å². The lowest BCUT2D eigenvalue weighted by Gasteiger charge is -2.06. The van der Waals surface area contributed by atoms with Gasteiger partial charge in [-0.3, -0.25) is 0 Å². The maximum absolute atomic E-state index is 13.3. The van der Waals surface area contributed by atoms with E-state index in [9.17, 15) is 8.78 Å². The second-order valence-corrected chi connectivity index (χ2v) is 6.42. The van der Waals surface area contributed by atoms with Crippen LogP contribution < -0.4 is 4.74 Å². The number of ether oxygens (including phenoxy) is 1. The van der Waals surface area contributed by atoms with Crippen LogP contribution in [-0.4, -0.2) is 17.3 Å². The van der Waals surface area contributed by atoms with E-state index in [-0.39, 0.29) is 5.25 Å². The lowest BCUT2D eigenvalue weighted by molar-refractivity contribution is 0.415. The smallest absolute Gasteiger partial charge is 0.247 e. The molecule has 1 heterocycles. The SMILES string of the molecule is COc1ccc(-c2nnc(C(C)Sc3ccc(F)c(F)c3)o2)cc1. The summed E-state index contributed by atoms with van der Waals surface area (Å²) in [7, 11) is 1.59. The van der Waals surface area contributed by atoms with Crippen molar-refractivity contribution in [1.29, 1.82) is 0 Å². The molecular formula is C17H14F2N2O2S. The van der Waals surface area contributed by atoms with Crippen LogP contribution in [0.5, 0.6) is 5.75 Å². The van der Waals surface area contributed by atoms with Gasteiger partial charge in [-0.2, -0.15) is 0 Å². The average molecular weight is 348 g/mol. The molecule has 3 rings (SSSR count). The van der Waals surface area contributed by atoms with Gasteiger partial charge in [-0.1, -0.05) is 0 Å². The number of thioether (sulfide) groups is 1. The maximum Gasteiger partial charge on any atom is 0.247 e. The highest BCUT2D eigenvalue weighted by Gasteiger charge is 2.17. The lowest BCUT2D eigenvalue weighted by Crippen LogP contribution is -1.90. The molecule has 0 aliphatic heterocycles. The first-order valence-corrected chi connectivity index (χ1v) is 8.04. The van der Waals surface area contributed by atoms with Crippen LogP contribution in [-0.2, 0) is 0 Å². The van der Waals surface area contributed by atoms with E-state index in [4.69, 9.17) is 9.15 Å². The molecule has 124 valence electrons. The summed E-state index contributed by atoms with van der Waals surface area (Å²) in [5.41, 5.74) is 0.777. The third-order valence-electron chi connectivity index (χ3n) is 3.33. The molecule has 1 atom stereocenters. The number of aromatic nitrogens is 2. The van der Waals surface area contributed by atoms with E-state index in [1.807, 2.05) is 19.1 Å². The molecule has 3 aromatic rings. The molecule has 0 aliphatic rings. The minimum Gasteiger partial charge on any atom is -0.497 e. The van der Waals surface area contributed by atoms with Crippen molar-refractivity contribution in [3.63, 3.8) is 0 Å². The van der Waals surface area contributed by atoms with Gasteiger partial charge in [0.1, 0.15) is 5.75 Å². The van der Waals surface area contributed by atoms with E-state index in [1.54, 1.807) is 19.2 Å². The quantitative estimate of drug-likeness (QED) is 0.615. The summed E-state index contributed by atoms with van der Waals surface area (Å²) < 4.78 is 37.0. The van der Waals surface area contributed by atoms with Gasteiger partial charge in [0.2, 0.25) is 11.8 Å². The van der Waals surface area contributed by atoms with Gasteiger partial charge >= 0.3 is 0 Å². The van der Waals surface area contributed by atoms with Crippen molar-refractivity contribution in [2.75, 3.05) is 7.11 Å². The van der Waals surface area contributed by atoms with E-state index in [2.05, 4.69) is 10.2 Å². The van der Waals surface area contributed by atoms with Gasteiger partial charge in [-0.05, 0) is 49.4 Å². The highest BCUT2D eigenvalue weighted by atomic mass is 32.2. The molecule has 0 saturated heterocycles. The Morgan fingerprint density at radius 1 is 1.04 bits per heavy atom. The first kappa shape index (κ1) is 16.4. The Morgan fingerprint density at radius 2 is 1.79 bits per heavy atom. The molecule has 0 aliphatic carbocycles. The van der Waals surface area contributed by atoms with Gasteiger partial charge in [0.15, 0.2) is 11.6 Å². The van der Waals surface area contributed by atoms with Crippen LogP contribution in [0.15, 0.2) is 51.8 Å². The molecule has 0 fully saturated rings. The van der Waals surface area contributed by atoms with E-state index < -0.39 is 11.6 Å². The van der Waals surface area contributed by atoms with Gasteiger partial charge in [-0.25, -0.2) is 8.78 Å². The summed E-state index contributed by atoms with van der Waals surface area (Å²) in [5.74, 6) is -0.204. The molecule has 7 heteroatoms. The monoisotopic (exact) mass is 348 g/mol. The molecule has 0 amide bonds. The van der Waals surface area contributed by atoms with Crippen molar-refractivity contribution in [3.05, 3.63) is 60.0 Å². The molecule has 0 spiro atoms. The first-order chi connectivity index (χ1) is 11.6. The summed E-state index contributed by atoms with van der Waals surface area (Å²) in [5, 5.41) is 7.87. The van der Waals surface area contributed by atoms with Gasteiger partial charge in [0.25, 0.3) is 0 Å². The Kier molecular flexibility index (Phi) is 4.80. The highest BCUT2D eigenvalue weighted by molar-refractivity contribution is 7.99. The summed E-state index contributed by atoms with van der Waals surface area (Å²) in [6.45, 7) is 1.86. The van der Waals surface area contributed by atoms with Crippen molar-refractivity contribution in [3.8, 4) is 17.2 Å². The minimum absolute atomic E-state index is 0.200. The molecular weight excluding hydrogens is 334 g/mol. The van der Waals surface area contributed by atoms with E-state index in [0.717, 1.165) is 23.4 Å². The molecule has 1 unspecified atom stereocenters. The molecule has 4 nitrogen and oxygen atoms in total. The second-order valence-electron chi connectivity index (χ2n) is 5.01. The Balaban J connectivity index is 1.75. The number of nitrogens with zero attached hydrogens (tertiary/aromatic N) is 2. The highest BCUT2D eigenvalue weighted by Crippen LogP contribution is 2.35. The Bertz CT molecular complexity index is 837. The zero-order valence-electron chi connectivity index (χ0n) is 13.0. The number of hydrogen-bond acceptors (Lipinski definition) is 5. The average Bonchev–Trinajstić information content (AvgIpc) is 3.08. The molecule has 0 bridgehead atoms. The van der Waals surface area contributed by atoms with Crippen LogP contribution in [0, 0.1) is 11.6 Å². The zero-order chi connectivity index (χ0) is 17.1. The van der Waals surface area contributed by atoms with Crippen LogP contribution in [0.2, 0.25) is 0 Å². The van der Waals surface area contributed by atoms with Crippen LogP contribution in [0.25, 0.3) is 11.5 Å². The Labute approximate surface area is 141 Å². The van der Waals surface area contributed by atoms with Crippen LogP contribution in [0.1, 0.15) is 18.1 Å². The van der Waals surface area contributed by atoms with Gasteiger partial charge in [0.05, 0.1) is 12.4 Å². The van der Waals surface area contributed by atoms with Crippen LogP contribution >= 0.6 is 11.8 Å². The topological polar surface area (TPSA) is 48.2 Å². The molecule has 24 heavy (non-hydrogen) atoms. The summed E-state index contributed by atoms with van der Waals surface area (Å²) in [6.07, 6.45) is 0. The number of methoxy groups -OCH3 is 1. The van der Waals surface area contributed by atoms with Crippen molar-refractivity contribution < 1.29 is 17.9 Å². The van der Waals surface area contributed by atoms with E-state index >= 15 is 0 Å². The fourth-order valence-corrected chi connectivity index (χ4v) is 2.98. The molecule has 2 aromatic carbocycles. The van der Waals surface area contributed by atoms with Crippen molar-refractivity contribution in [1.82, 2.24) is 10.2 Å². The van der Waals surface area contributed by atoms with Crippen LogP contribution in [0.3, 0.4) is 0 Å².